The molecule has 1 N–H and O–H groups in total. The van der Waals surface area contributed by atoms with Crippen molar-refractivity contribution in [2.45, 2.75) is 6.18 Å². The molecular weight excluding hydrogens is 283 g/mol. The van der Waals surface area contributed by atoms with Gasteiger partial charge in [0.15, 0.2) is 0 Å². The summed E-state index contributed by atoms with van der Waals surface area (Å²) in [4.78, 5) is 16.4. The first-order valence-corrected chi connectivity index (χ1v) is 6.03. The normalized spacial score (nSPS) is 11.2. The second-order valence-electron chi connectivity index (χ2n) is 4.26. The lowest BCUT2D eigenvalue weighted by atomic mass is 9.98. The fraction of sp³-hybridized carbons (Fsp3) is 0.133. The van der Waals surface area contributed by atoms with Crippen molar-refractivity contribution in [1.29, 1.82) is 0 Å². The molecule has 0 aliphatic heterocycles. The van der Waals surface area contributed by atoms with E-state index in [1.807, 2.05) is 0 Å². The first kappa shape index (κ1) is 15.1. The Kier molecular flexibility index (Phi) is 4.28. The molecule has 3 nitrogen and oxygen atoms in total. The van der Waals surface area contributed by atoms with Gasteiger partial charge in [-0.2, -0.15) is 13.2 Å². The van der Waals surface area contributed by atoms with Gasteiger partial charge in [0.05, 0.1) is 12.7 Å². The lowest BCUT2D eigenvalue weighted by Crippen LogP contribution is -2.22. The van der Waals surface area contributed by atoms with E-state index in [9.17, 15) is 18.0 Å². The van der Waals surface area contributed by atoms with Crippen molar-refractivity contribution >= 4 is 5.91 Å². The number of carbonyl (C=O) groups is 1. The Hall–Kier alpha value is -2.34. The highest BCUT2D eigenvalue weighted by Gasteiger charge is 2.30. The number of carbonyl (C=O) groups excluding carboxylic acids is 1. The quantitative estimate of drug-likeness (QED) is 0.878. The molecule has 0 unspecified atom stereocenters. The Bertz CT molecular complexity index is 636. The van der Waals surface area contributed by atoms with Gasteiger partial charge in [-0.25, -0.2) is 5.48 Å². The SMILES string of the molecule is CONC(=O)c1ccccc1-c1ccc(C(F)(F)F)cc1. The van der Waals surface area contributed by atoms with Gasteiger partial charge in [-0.05, 0) is 29.3 Å². The van der Waals surface area contributed by atoms with Crippen LogP contribution in [0.4, 0.5) is 13.2 Å². The van der Waals surface area contributed by atoms with E-state index in [2.05, 4.69) is 10.3 Å². The summed E-state index contributed by atoms with van der Waals surface area (Å²) in [6.07, 6.45) is -4.38. The summed E-state index contributed by atoms with van der Waals surface area (Å²) in [5, 5.41) is 0. The van der Waals surface area contributed by atoms with Crippen LogP contribution in [0.2, 0.25) is 0 Å². The lowest BCUT2D eigenvalue weighted by molar-refractivity contribution is -0.137. The van der Waals surface area contributed by atoms with Crippen LogP contribution in [-0.4, -0.2) is 13.0 Å². The van der Waals surface area contributed by atoms with E-state index in [0.717, 1.165) is 12.1 Å². The van der Waals surface area contributed by atoms with Gasteiger partial charge in [0, 0.05) is 5.56 Å². The summed E-state index contributed by atoms with van der Waals surface area (Å²) >= 11 is 0. The fourth-order valence-electron chi connectivity index (χ4n) is 1.92. The van der Waals surface area contributed by atoms with Gasteiger partial charge in [-0.15, -0.1) is 0 Å². The van der Waals surface area contributed by atoms with Crippen LogP contribution in [0, 0.1) is 0 Å². The molecule has 0 fully saturated rings. The smallest absolute Gasteiger partial charge is 0.277 e. The zero-order chi connectivity index (χ0) is 15.5. The van der Waals surface area contributed by atoms with Gasteiger partial charge in [0.2, 0.25) is 0 Å². The van der Waals surface area contributed by atoms with Gasteiger partial charge in [0.1, 0.15) is 0 Å². The largest absolute Gasteiger partial charge is 0.416 e. The predicted molar refractivity (Wildman–Crippen MR) is 71.4 cm³/mol. The summed E-state index contributed by atoms with van der Waals surface area (Å²) in [5.74, 6) is -0.465. The van der Waals surface area contributed by atoms with Gasteiger partial charge >= 0.3 is 6.18 Å². The van der Waals surface area contributed by atoms with Gasteiger partial charge in [-0.1, -0.05) is 30.3 Å². The van der Waals surface area contributed by atoms with Crippen molar-refractivity contribution in [1.82, 2.24) is 5.48 Å². The number of hydrogen-bond donors (Lipinski definition) is 1. The van der Waals surface area contributed by atoms with Crippen molar-refractivity contribution in [3.8, 4) is 11.1 Å². The topological polar surface area (TPSA) is 38.3 Å². The zero-order valence-corrected chi connectivity index (χ0v) is 11.1. The highest BCUT2D eigenvalue weighted by Crippen LogP contribution is 2.31. The first-order valence-electron chi connectivity index (χ1n) is 6.03. The van der Waals surface area contributed by atoms with Gasteiger partial charge < -0.3 is 0 Å². The Morgan fingerprint density at radius 2 is 1.67 bits per heavy atom. The predicted octanol–water partition coefficient (Wildman–Crippen LogP) is 3.66. The van der Waals surface area contributed by atoms with Crippen LogP contribution in [-0.2, 0) is 11.0 Å². The number of hydrogen-bond acceptors (Lipinski definition) is 2. The average molecular weight is 295 g/mol. The second-order valence-corrected chi connectivity index (χ2v) is 4.26. The molecule has 2 aromatic carbocycles. The molecule has 110 valence electrons. The highest BCUT2D eigenvalue weighted by atomic mass is 19.4. The molecule has 6 heteroatoms. The first-order chi connectivity index (χ1) is 9.93. The van der Waals surface area contributed by atoms with Crippen LogP contribution in [0.3, 0.4) is 0 Å². The molecule has 0 spiro atoms. The third-order valence-corrected chi connectivity index (χ3v) is 2.89. The zero-order valence-electron chi connectivity index (χ0n) is 11.1. The minimum Gasteiger partial charge on any atom is -0.277 e. The van der Waals surface area contributed by atoms with Crippen molar-refractivity contribution in [3.05, 3.63) is 59.7 Å². The molecule has 2 aromatic rings. The van der Waals surface area contributed by atoms with E-state index in [0.29, 0.717) is 16.7 Å². The third-order valence-electron chi connectivity index (χ3n) is 2.89. The summed E-state index contributed by atoms with van der Waals surface area (Å²) in [6, 6.07) is 11.2. The fourth-order valence-corrected chi connectivity index (χ4v) is 1.92. The minimum absolute atomic E-state index is 0.319. The molecule has 21 heavy (non-hydrogen) atoms. The Morgan fingerprint density at radius 3 is 2.24 bits per heavy atom. The Morgan fingerprint density at radius 1 is 1.05 bits per heavy atom. The van der Waals surface area contributed by atoms with Crippen LogP contribution in [0.25, 0.3) is 11.1 Å². The molecule has 1 amide bonds. The van der Waals surface area contributed by atoms with Gasteiger partial charge in [0.25, 0.3) is 5.91 Å². The van der Waals surface area contributed by atoms with E-state index >= 15 is 0 Å². The van der Waals surface area contributed by atoms with Crippen molar-refractivity contribution in [2.75, 3.05) is 7.11 Å². The molecule has 0 atom stereocenters. The Labute approximate surface area is 119 Å². The molecule has 0 aliphatic rings. The molecule has 0 aromatic heterocycles. The maximum Gasteiger partial charge on any atom is 0.416 e. The number of halogens is 3. The van der Waals surface area contributed by atoms with Crippen LogP contribution in [0.1, 0.15) is 15.9 Å². The summed E-state index contributed by atoms with van der Waals surface area (Å²) in [6.45, 7) is 0. The molecule has 0 radical (unpaired) electrons. The van der Waals surface area contributed by atoms with E-state index in [1.165, 1.54) is 19.2 Å². The maximum absolute atomic E-state index is 12.5. The van der Waals surface area contributed by atoms with Crippen molar-refractivity contribution < 1.29 is 22.8 Å². The second kappa shape index (κ2) is 5.97. The van der Waals surface area contributed by atoms with Crippen LogP contribution in [0.5, 0.6) is 0 Å². The molecule has 0 saturated carbocycles. The number of alkyl halides is 3. The molecule has 0 bridgehead atoms. The number of benzene rings is 2. The summed E-state index contributed by atoms with van der Waals surface area (Å²) in [7, 11) is 1.30. The number of hydroxylamine groups is 1. The maximum atomic E-state index is 12.5. The molecule has 0 heterocycles. The van der Waals surface area contributed by atoms with Crippen LogP contribution >= 0.6 is 0 Å². The molecular formula is C15H12F3NO2. The van der Waals surface area contributed by atoms with E-state index in [1.54, 1.807) is 24.3 Å². The highest BCUT2D eigenvalue weighted by molar-refractivity contribution is 6.00. The number of amides is 1. The minimum atomic E-state index is -4.38. The lowest BCUT2D eigenvalue weighted by Gasteiger charge is -2.11. The van der Waals surface area contributed by atoms with Gasteiger partial charge in [-0.3, -0.25) is 9.63 Å². The molecule has 0 aliphatic carbocycles. The number of nitrogens with one attached hydrogen (secondary N) is 1. The average Bonchev–Trinajstić information content (AvgIpc) is 2.47. The summed E-state index contributed by atoms with van der Waals surface area (Å²) in [5.41, 5.74) is 2.82. The Balaban J connectivity index is 2.41. The van der Waals surface area contributed by atoms with Crippen molar-refractivity contribution in [2.24, 2.45) is 0 Å². The van der Waals surface area contributed by atoms with E-state index < -0.39 is 17.6 Å². The number of rotatable bonds is 3. The monoisotopic (exact) mass is 295 g/mol. The third kappa shape index (κ3) is 3.41. The summed E-state index contributed by atoms with van der Waals surface area (Å²) < 4.78 is 37.6. The van der Waals surface area contributed by atoms with Crippen LogP contribution in [0.15, 0.2) is 48.5 Å². The van der Waals surface area contributed by atoms with Crippen LogP contribution < -0.4 is 5.48 Å². The van der Waals surface area contributed by atoms with Crippen molar-refractivity contribution in [3.63, 3.8) is 0 Å². The van der Waals surface area contributed by atoms with E-state index in [4.69, 9.17) is 0 Å². The molecule has 2 rings (SSSR count). The standard InChI is InChI=1S/C15H12F3NO2/c1-21-19-14(20)13-5-3-2-4-12(13)10-6-8-11(9-7-10)15(16,17)18/h2-9H,1H3,(H,19,20). The van der Waals surface area contributed by atoms with E-state index in [-0.39, 0.29) is 0 Å². The molecule has 0 saturated heterocycles.